The Morgan fingerprint density at radius 3 is 2.44 bits per heavy atom. The fourth-order valence-electron chi connectivity index (χ4n) is 2.22. The molecule has 0 radical (unpaired) electrons. The summed E-state index contributed by atoms with van der Waals surface area (Å²) in [6.45, 7) is 9.36. The van der Waals surface area contributed by atoms with Crippen molar-refractivity contribution in [2.24, 2.45) is 5.92 Å². The van der Waals surface area contributed by atoms with Gasteiger partial charge in [-0.1, -0.05) is 19.9 Å². The number of amides is 1. The molecule has 2 heteroatoms. The molecule has 0 aromatic heterocycles. The normalized spacial score (nSPS) is 14.9. The Morgan fingerprint density at radius 1 is 1.28 bits per heavy atom. The van der Waals surface area contributed by atoms with Gasteiger partial charge < -0.3 is 4.90 Å². The van der Waals surface area contributed by atoms with Crippen molar-refractivity contribution in [1.82, 2.24) is 4.90 Å². The fourth-order valence-corrected chi connectivity index (χ4v) is 2.22. The van der Waals surface area contributed by atoms with Gasteiger partial charge in [0, 0.05) is 18.2 Å². The van der Waals surface area contributed by atoms with E-state index in [0.717, 1.165) is 12.1 Å². The second-order valence-electron chi connectivity index (χ2n) is 5.88. The van der Waals surface area contributed by atoms with E-state index in [4.69, 9.17) is 0 Å². The topological polar surface area (TPSA) is 20.3 Å². The average molecular weight is 245 g/mol. The Balaban J connectivity index is 2.19. The first kappa shape index (κ1) is 13.1. The smallest absolute Gasteiger partial charge is 0.254 e. The Morgan fingerprint density at radius 2 is 1.94 bits per heavy atom. The van der Waals surface area contributed by atoms with E-state index < -0.39 is 0 Å². The van der Waals surface area contributed by atoms with Crippen molar-refractivity contribution in [1.29, 1.82) is 0 Å². The van der Waals surface area contributed by atoms with Crippen LogP contribution in [-0.2, 0) is 0 Å². The van der Waals surface area contributed by atoms with Crippen LogP contribution >= 0.6 is 0 Å². The standard InChI is InChI=1S/C16H23NO/c1-11(2)10-17(15-7-8-15)16(18)14-6-5-12(3)13(4)9-14/h5-6,9,11,15H,7-8,10H2,1-4H3. The SMILES string of the molecule is Cc1ccc(C(=O)N(CC(C)C)C2CC2)cc1C. The van der Waals surface area contributed by atoms with Crippen LogP contribution in [0.3, 0.4) is 0 Å². The molecule has 0 atom stereocenters. The van der Waals surface area contributed by atoms with Crippen LogP contribution in [0.15, 0.2) is 18.2 Å². The van der Waals surface area contributed by atoms with E-state index in [1.807, 2.05) is 18.2 Å². The number of hydrogen-bond acceptors (Lipinski definition) is 1. The molecule has 1 saturated carbocycles. The highest BCUT2D eigenvalue weighted by molar-refractivity contribution is 5.95. The second kappa shape index (κ2) is 5.13. The molecule has 1 aliphatic rings. The van der Waals surface area contributed by atoms with Gasteiger partial charge in [0.05, 0.1) is 0 Å². The van der Waals surface area contributed by atoms with Gasteiger partial charge in [0.25, 0.3) is 5.91 Å². The quantitative estimate of drug-likeness (QED) is 0.794. The fraction of sp³-hybridized carbons (Fsp3) is 0.562. The largest absolute Gasteiger partial charge is 0.335 e. The number of aryl methyl sites for hydroxylation is 2. The molecule has 18 heavy (non-hydrogen) atoms. The van der Waals surface area contributed by atoms with E-state index in [-0.39, 0.29) is 5.91 Å². The molecule has 1 amide bonds. The first-order valence-electron chi connectivity index (χ1n) is 6.87. The Bertz CT molecular complexity index is 446. The molecule has 0 aliphatic heterocycles. The number of benzene rings is 1. The van der Waals surface area contributed by atoms with Crippen LogP contribution in [0, 0.1) is 19.8 Å². The molecule has 0 heterocycles. The minimum Gasteiger partial charge on any atom is -0.335 e. The third kappa shape index (κ3) is 2.92. The highest BCUT2D eigenvalue weighted by Gasteiger charge is 2.33. The zero-order chi connectivity index (χ0) is 13.3. The van der Waals surface area contributed by atoms with Crippen molar-refractivity contribution >= 4 is 5.91 Å². The summed E-state index contributed by atoms with van der Waals surface area (Å²) >= 11 is 0. The molecule has 0 N–H and O–H groups in total. The zero-order valence-corrected chi connectivity index (χ0v) is 11.9. The predicted octanol–water partition coefficient (Wildman–Crippen LogP) is 3.56. The first-order valence-corrected chi connectivity index (χ1v) is 6.87. The van der Waals surface area contributed by atoms with Gasteiger partial charge in [-0.15, -0.1) is 0 Å². The lowest BCUT2D eigenvalue weighted by Gasteiger charge is -2.24. The molecular weight excluding hydrogens is 222 g/mol. The molecule has 1 aliphatic carbocycles. The molecule has 1 aromatic carbocycles. The zero-order valence-electron chi connectivity index (χ0n) is 11.9. The van der Waals surface area contributed by atoms with Gasteiger partial charge in [-0.25, -0.2) is 0 Å². The maximum Gasteiger partial charge on any atom is 0.254 e. The lowest BCUT2D eigenvalue weighted by molar-refractivity contribution is 0.0722. The van der Waals surface area contributed by atoms with Crippen LogP contribution in [0.2, 0.25) is 0 Å². The van der Waals surface area contributed by atoms with Crippen molar-refractivity contribution in [3.05, 3.63) is 34.9 Å². The van der Waals surface area contributed by atoms with E-state index >= 15 is 0 Å². The van der Waals surface area contributed by atoms with Crippen molar-refractivity contribution < 1.29 is 4.79 Å². The van der Waals surface area contributed by atoms with Crippen LogP contribution in [0.4, 0.5) is 0 Å². The Hall–Kier alpha value is -1.31. The molecule has 0 saturated heterocycles. The minimum atomic E-state index is 0.203. The maximum atomic E-state index is 12.6. The molecule has 2 nitrogen and oxygen atoms in total. The van der Waals surface area contributed by atoms with Crippen LogP contribution in [-0.4, -0.2) is 23.4 Å². The average Bonchev–Trinajstić information content (AvgIpc) is 3.12. The van der Waals surface area contributed by atoms with Gasteiger partial charge in [0.15, 0.2) is 0 Å². The first-order chi connectivity index (χ1) is 8.49. The third-order valence-corrected chi connectivity index (χ3v) is 3.56. The molecule has 2 rings (SSSR count). The molecule has 0 unspecified atom stereocenters. The van der Waals surface area contributed by atoms with E-state index in [1.54, 1.807) is 0 Å². The highest BCUT2D eigenvalue weighted by atomic mass is 16.2. The van der Waals surface area contributed by atoms with Gasteiger partial charge in [-0.3, -0.25) is 4.79 Å². The summed E-state index contributed by atoms with van der Waals surface area (Å²) in [5, 5.41) is 0. The number of carbonyl (C=O) groups excluding carboxylic acids is 1. The van der Waals surface area contributed by atoms with Crippen LogP contribution < -0.4 is 0 Å². The van der Waals surface area contributed by atoms with Gasteiger partial charge >= 0.3 is 0 Å². The van der Waals surface area contributed by atoms with E-state index in [2.05, 4.69) is 32.6 Å². The maximum absolute atomic E-state index is 12.6. The van der Waals surface area contributed by atoms with E-state index in [9.17, 15) is 4.79 Å². The van der Waals surface area contributed by atoms with Crippen molar-refractivity contribution in [2.75, 3.05) is 6.54 Å². The van der Waals surface area contributed by atoms with Crippen LogP contribution in [0.5, 0.6) is 0 Å². The van der Waals surface area contributed by atoms with E-state index in [0.29, 0.717) is 12.0 Å². The van der Waals surface area contributed by atoms with Gasteiger partial charge in [-0.05, 0) is 55.9 Å². The molecule has 1 aromatic rings. The summed E-state index contributed by atoms with van der Waals surface area (Å²) in [7, 11) is 0. The molecule has 0 spiro atoms. The summed E-state index contributed by atoms with van der Waals surface area (Å²) in [6.07, 6.45) is 2.34. The molecule has 98 valence electrons. The highest BCUT2D eigenvalue weighted by Crippen LogP contribution is 2.29. The van der Waals surface area contributed by atoms with Crippen molar-refractivity contribution in [2.45, 2.75) is 46.6 Å². The molecule has 0 bridgehead atoms. The molecular formula is C16H23NO. The molecule has 1 fully saturated rings. The Kier molecular flexibility index (Phi) is 3.74. The number of carbonyl (C=O) groups is 1. The Labute approximate surface area is 110 Å². The van der Waals surface area contributed by atoms with E-state index in [1.165, 1.54) is 24.0 Å². The summed E-state index contributed by atoms with van der Waals surface area (Å²) in [5.41, 5.74) is 3.28. The third-order valence-electron chi connectivity index (χ3n) is 3.56. The summed E-state index contributed by atoms with van der Waals surface area (Å²) < 4.78 is 0. The van der Waals surface area contributed by atoms with Gasteiger partial charge in [0.2, 0.25) is 0 Å². The number of hydrogen-bond donors (Lipinski definition) is 0. The predicted molar refractivity (Wildman–Crippen MR) is 74.8 cm³/mol. The minimum absolute atomic E-state index is 0.203. The van der Waals surface area contributed by atoms with Crippen LogP contribution in [0.25, 0.3) is 0 Å². The van der Waals surface area contributed by atoms with Crippen molar-refractivity contribution in [3.63, 3.8) is 0 Å². The number of nitrogens with zero attached hydrogens (tertiary/aromatic N) is 1. The summed E-state index contributed by atoms with van der Waals surface area (Å²) in [5.74, 6) is 0.732. The summed E-state index contributed by atoms with van der Waals surface area (Å²) in [6, 6.07) is 6.51. The van der Waals surface area contributed by atoms with Crippen molar-refractivity contribution in [3.8, 4) is 0 Å². The lowest BCUT2D eigenvalue weighted by atomic mass is 10.0. The summed E-state index contributed by atoms with van der Waals surface area (Å²) in [4.78, 5) is 14.6. The van der Waals surface area contributed by atoms with Gasteiger partial charge in [0.1, 0.15) is 0 Å². The second-order valence-corrected chi connectivity index (χ2v) is 5.88. The lowest BCUT2D eigenvalue weighted by Crippen LogP contribution is -2.36. The number of rotatable bonds is 4. The van der Waals surface area contributed by atoms with Gasteiger partial charge in [-0.2, -0.15) is 0 Å². The van der Waals surface area contributed by atoms with Crippen LogP contribution in [0.1, 0.15) is 48.2 Å². The monoisotopic (exact) mass is 245 g/mol.